The highest BCUT2D eigenvalue weighted by atomic mass is 127. The van der Waals surface area contributed by atoms with Crippen LogP contribution in [0.15, 0.2) is 269 Å². The van der Waals surface area contributed by atoms with Crippen molar-refractivity contribution in [2.45, 2.75) is 57.8 Å². The number of nitrogen functional groups attached to an aromatic ring is 2. The highest BCUT2D eigenvalue weighted by Gasteiger charge is 2.31. The van der Waals surface area contributed by atoms with Gasteiger partial charge in [-0.3, -0.25) is 38.4 Å². The average molecular weight is 2420 g/mol. The van der Waals surface area contributed by atoms with Gasteiger partial charge in [-0.25, -0.2) is 19.2 Å². The summed E-state index contributed by atoms with van der Waals surface area (Å²) in [6, 6.07) is 65.1. The number of phenols is 4. The third-order valence-electron chi connectivity index (χ3n) is 20.6. The Kier molecular flexibility index (Phi) is 33.0. The molecule has 694 valence electrons. The predicted octanol–water partition coefficient (Wildman–Crippen LogP) is 19.5. The van der Waals surface area contributed by atoms with Gasteiger partial charge in [0, 0.05) is 119 Å². The van der Waals surface area contributed by atoms with Gasteiger partial charge in [0.1, 0.15) is 85.6 Å². The number of hydrogen-bond donors (Lipinski definition) is 10. The lowest BCUT2D eigenvalue weighted by atomic mass is 9.97. The SMILES string of the molecule is NC(=O)CCCc1oc2cc(OC(=O)c3ccccc3)ccc2c1C(=O)c1cc(I)c(O)c(I)c1.NC(=O)CCc1oc2cc(OC(=O)c3ccccc3)ccc2c1C(=O)c1cc(Br)c(O)c(Br)c1.NC(=O)CCc1oc2cc(OC(=O)c3ccccc3)ccc2c1C(=O)c1cc(I)c(O)c(I)c1.NC(=O)CCc1oc2cc(OC(=O)c3ccccc3)ccc2c1C(=O)c1cc(N)c(O)c(N)c1. The number of benzene rings is 12. The van der Waals surface area contributed by atoms with Crippen LogP contribution < -0.4 is 53.3 Å². The van der Waals surface area contributed by atoms with E-state index in [1.54, 1.807) is 194 Å². The topological polar surface area (TPSA) is 531 Å². The number of amides is 4. The molecule has 4 aromatic heterocycles. The van der Waals surface area contributed by atoms with Crippen molar-refractivity contribution in [1.29, 1.82) is 0 Å². The minimum atomic E-state index is -0.561. The number of phenolic OH excluding ortho intramolecular Hbond substituents is 4. The maximum atomic E-state index is 13.6. The number of carbonyl (C=O) groups excluding carboxylic acids is 12. The van der Waals surface area contributed by atoms with E-state index >= 15 is 0 Å². The summed E-state index contributed by atoms with van der Waals surface area (Å²) in [5.41, 5.74) is 37.8. The fourth-order valence-corrected chi connectivity index (χ4v) is 18.8. The number of nitrogens with two attached hydrogens (primary N) is 6. The smallest absolute Gasteiger partial charge is 0.343 e. The molecule has 0 spiro atoms. The van der Waals surface area contributed by atoms with Gasteiger partial charge in [-0.05, 0) is 274 Å². The van der Waals surface area contributed by atoms with E-state index < -0.39 is 53.3 Å². The van der Waals surface area contributed by atoms with Crippen molar-refractivity contribution in [2.75, 3.05) is 11.5 Å². The second kappa shape index (κ2) is 45.1. The van der Waals surface area contributed by atoms with Crippen molar-refractivity contribution in [2.24, 2.45) is 22.9 Å². The Hall–Kier alpha value is -14.1. The van der Waals surface area contributed by atoms with Crippen molar-refractivity contribution >= 4 is 248 Å². The third kappa shape index (κ3) is 24.6. The number of hydrogen-bond acceptors (Lipinski definition) is 26. The molecular weight excluding hydrogens is 2350 g/mol. The number of aromatic hydroxyl groups is 4. The quantitative estimate of drug-likeness (QED) is 0.00520. The number of anilines is 2. The Morgan fingerprint density at radius 2 is 0.511 bits per heavy atom. The summed E-state index contributed by atoms with van der Waals surface area (Å²) in [6.45, 7) is 0. The van der Waals surface area contributed by atoms with Crippen LogP contribution in [0.3, 0.4) is 0 Å². The molecule has 30 nitrogen and oxygen atoms in total. The van der Waals surface area contributed by atoms with Crippen molar-refractivity contribution in [3.63, 3.8) is 0 Å². The highest BCUT2D eigenvalue weighted by Crippen LogP contribution is 2.42. The number of rotatable bonds is 29. The standard InChI is InChI=1S/C26H19I2NO6.C25H17Br2NO6.C25H17I2NO6.C25H21N3O6/c27-18-11-15(12-19(28)25(18)32)24(31)23-17-10-9-16(34-26(33)14-5-2-1-3-6-14)13-21(17)35-20(23)7-4-8-22(29)30;3*26-17-10-14(11-18(27)24(17)31)23(30)22-16-7-6-15(33-25(32)13-4-2-1-3-5-13)12-20(16)34-19(22)8-9-21(28)29/h1-3,5-6,9-13,32H,4,7-8H2,(H2,29,30);2*1-7,10-12,31H,8-9H2,(H2,28,29);1-7,10-12,31H,8-9,26-27H2,(H2,28,29). The van der Waals surface area contributed by atoms with E-state index in [2.05, 4.69) is 31.9 Å². The number of primary amides is 4. The zero-order valence-electron chi connectivity index (χ0n) is 71.1. The minimum Gasteiger partial charge on any atom is -0.506 e. The molecule has 0 radical (unpaired) electrons. The normalized spacial score (nSPS) is 10.9. The molecular formula is C101H74Br2I4N6O24. The molecule has 36 heteroatoms. The van der Waals surface area contributed by atoms with Gasteiger partial charge in [-0.1, -0.05) is 72.8 Å². The molecule has 0 unspecified atom stereocenters. The van der Waals surface area contributed by atoms with Crippen LogP contribution in [0.4, 0.5) is 11.4 Å². The molecule has 0 atom stereocenters. The molecule has 16 aromatic rings. The van der Waals surface area contributed by atoms with Crippen molar-refractivity contribution < 1.29 is 115 Å². The molecule has 0 aliphatic rings. The number of carbonyl (C=O) groups is 12. The van der Waals surface area contributed by atoms with E-state index in [-0.39, 0.29) is 153 Å². The Morgan fingerprint density at radius 3 is 0.759 bits per heavy atom. The summed E-state index contributed by atoms with van der Waals surface area (Å²) in [4.78, 5) is 149. The first-order valence-corrected chi connectivity index (χ1v) is 46.9. The van der Waals surface area contributed by atoms with Gasteiger partial charge in [0.05, 0.1) is 79.1 Å². The van der Waals surface area contributed by atoms with E-state index in [0.29, 0.717) is 136 Å². The van der Waals surface area contributed by atoms with Crippen LogP contribution >= 0.6 is 122 Å². The molecule has 16 N–H and O–H groups in total. The van der Waals surface area contributed by atoms with Crippen LogP contribution in [-0.4, -0.2) is 91.1 Å². The molecule has 0 fully saturated rings. The number of esters is 4. The lowest BCUT2D eigenvalue weighted by molar-refractivity contribution is -0.118. The number of halogens is 6. The lowest BCUT2D eigenvalue weighted by Gasteiger charge is -2.08. The Balaban J connectivity index is 0.000000154. The van der Waals surface area contributed by atoms with E-state index in [4.69, 9.17) is 71.0 Å². The fraction of sp³-hybridized carbons (Fsp3) is 0.0891. The maximum absolute atomic E-state index is 13.6. The van der Waals surface area contributed by atoms with Crippen LogP contribution in [0.2, 0.25) is 0 Å². The van der Waals surface area contributed by atoms with E-state index in [0.717, 1.165) is 0 Å². The summed E-state index contributed by atoms with van der Waals surface area (Å²) in [6.07, 6.45) is 1.16. The molecule has 0 saturated carbocycles. The summed E-state index contributed by atoms with van der Waals surface area (Å²) in [5, 5.41) is 42.0. The van der Waals surface area contributed by atoms with Gasteiger partial charge < -0.3 is 91.4 Å². The van der Waals surface area contributed by atoms with Crippen molar-refractivity contribution in [3.8, 4) is 46.0 Å². The first kappa shape index (κ1) is 100. The first-order chi connectivity index (χ1) is 65.5. The van der Waals surface area contributed by atoms with Crippen LogP contribution in [0.1, 0.15) is 160 Å². The largest absolute Gasteiger partial charge is 0.506 e. The van der Waals surface area contributed by atoms with Crippen LogP contribution in [0, 0.1) is 14.3 Å². The number of furan rings is 4. The van der Waals surface area contributed by atoms with Crippen molar-refractivity contribution in [1.82, 2.24) is 0 Å². The first-order valence-electron chi connectivity index (χ1n) is 41.0. The molecule has 4 amide bonds. The molecule has 0 bridgehead atoms. The molecule has 137 heavy (non-hydrogen) atoms. The van der Waals surface area contributed by atoms with Crippen LogP contribution in [0.5, 0.6) is 46.0 Å². The van der Waals surface area contributed by atoms with Gasteiger partial charge >= 0.3 is 23.9 Å². The van der Waals surface area contributed by atoms with E-state index in [1.807, 2.05) is 90.4 Å². The van der Waals surface area contributed by atoms with Gasteiger partial charge in [-0.2, -0.15) is 0 Å². The number of ketones is 4. The average Bonchev–Trinajstić information content (AvgIpc) is 1.62. The molecule has 4 heterocycles. The second-order valence-corrected chi connectivity index (χ2v) is 36.5. The Labute approximate surface area is 848 Å². The molecule has 0 aliphatic carbocycles. The van der Waals surface area contributed by atoms with Gasteiger partial charge in [0.25, 0.3) is 0 Å². The molecule has 16 rings (SSSR count). The van der Waals surface area contributed by atoms with Crippen LogP contribution in [-0.2, 0) is 44.9 Å². The zero-order chi connectivity index (χ0) is 98.3. The summed E-state index contributed by atoms with van der Waals surface area (Å²) >= 11 is 14.3. The van der Waals surface area contributed by atoms with Gasteiger partial charge in [-0.15, -0.1) is 0 Å². The second-order valence-electron chi connectivity index (χ2n) is 30.2. The fourth-order valence-electron chi connectivity index (χ4n) is 14.0. The highest BCUT2D eigenvalue weighted by molar-refractivity contribution is 14.1. The number of ether oxygens (including phenoxy) is 4. The van der Waals surface area contributed by atoms with E-state index in [1.165, 1.54) is 48.5 Å². The van der Waals surface area contributed by atoms with Crippen LogP contribution in [0.25, 0.3) is 43.9 Å². The summed E-state index contributed by atoms with van der Waals surface area (Å²) in [7, 11) is 0. The third-order valence-corrected chi connectivity index (χ3v) is 25.1. The maximum Gasteiger partial charge on any atom is 0.343 e. The predicted molar refractivity (Wildman–Crippen MR) is 546 cm³/mol. The number of aryl methyl sites for hydroxylation is 4. The molecule has 0 saturated heterocycles. The van der Waals surface area contributed by atoms with Crippen molar-refractivity contribution in [3.05, 3.63) is 356 Å². The Bertz CT molecular complexity index is 6880. The minimum absolute atomic E-state index is 0.000594. The summed E-state index contributed by atoms with van der Waals surface area (Å²) < 4.78 is 48.4. The summed E-state index contributed by atoms with van der Waals surface area (Å²) in [5.74, 6) is -3.50. The zero-order valence-corrected chi connectivity index (χ0v) is 82.9. The van der Waals surface area contributed by atoms with Gasteiger partial charge in [0.15, 0.2) is 28.9 Å². The van der Waals surface area contributed by atoms with E-state index in [9.17, 15) is 78.0 Å². The lowest BCUT2D eigenvalue weighted by Crippen LogP contribution is -2.12. The van der Waals surface area contributed by atoms with Gasteiger partial charge in [0.2, 0.25) is 23.6 Å². The molecule has 12 aromatic carbocycles. The molecule has 0 aliphatic heterocycles. The number of fused-ring (bicyclic) bond motifs is 4. The Morgan fingerprint density at radius 1 is 0.277 bits per heavy atom. The monoisotopic (exact) mass is 2420 g/mol.